The van der Waals surface area contributed by atoms with Crippen molar-refractivity contribution in [3.8, 4) is 0 Å². The Morgan fingerprint density at radius 3 is 1.30 bits per heavy atom. The Morgan fingerprint density at radius 1 is 0.525 bits per heavy atom. The van der Waals surface area contributed by atoms with Gasteiger partial charge in [0.25, 0.3) is 0 Å². The molecule has 1 rings (SSSR count). The number of carbonyl (C=O) groups is 1. The van der Waals surface area contributed by atoms with Gasteiger partial charge in [0.15, 0.2) is 0 Å². The van der Waals surface area contributed by atoms with Crippen molar-refractivity contribution in [2.75, 3.05) is 0 Å². The lowest BCUT2D eigenvalue weighted by atomic mass is 9.97. The van der Waals surface area contributed by atoms with Crippen LogP contribution in [0.5, 0.6) is 0 Å². The van der Waals surface area contributed by atoms with E-state index < -0.39 is 0 Å². The summed E-state index contributed by atoms with van der Waals surface area (Å²) in [4.78, 5) is 12.9. The largest absolute Gasteiger partial charge is 0.462 e. The van der Waals surface area contributed by atoms with Crippen molar-refractivity contribution < 1.29 is 9.53 Å². The van der Waals surface area contributed by atoms with E-state index in [4.69, 9.17) is 4.74 Å². The second kappa shape index (κ2) is 29.9. The van der Waals surface area contributed by atoms with Crippen LogP contribution in [0.1, 0.15) is 215 Å². The highest BCUT2D eigenvalue weighted by Gasteiger charge is 2.35. The van der Waals surface area contributed by atoms with E-state index in [1.807, 2.05) is 13.8 Å². The Balaban J connectivity index is 0.00000742. The van der Waals surface area contributed by atoms with E-state index in [2.05, 4.69) is 27.7 Å². The molecule has 0 radical (unpaired) electrons. The van der Waals surface area contributed by atoms with E-state index in [9.17, 15) is 4.79 Å². The monoisotopic (exact) mass is 565 g/mol. The molecule has 0 amide bonds. The third kappa shape index (κ3) is 23.1. The molecule has 240 valence electrons. The molecular formula is C38H76O2. The summed E-state index contributed by atoms with van der Waals surface area (Å²) in [6, 6.07) is 0. The Bertz CT molecular complexity index is 510. The minimum absolute atomic E-state index is 0.0987. The van der Waals surface area contributed by atoms with Crippen LogP contribution in [-0.2, 0) is 9.53 Å². The summed E-state index contributed by atoms with van der Waals surface area (Å²) < 4.78 is 6.16. The maximum atomic E-state index is 12.9. The number of unbranched alkanes of at least 4 members (excludes halogenated alkanes) is 15. The summed E-state index contributed by atoms with van der Waals surface area (Å²) in [5.74, 6) is 2.36. The number of rotatable bonds is 29. The smallest absolute Gasteiger partial charge is 0.309 e. The first-order valence-electron chi connectivity index (χ1n) is 18.9. The van der Waals surface area contributed by atoms with Gasteiger partial charge in [-0.1, -0.05) is 170 Å². The Morgan fingerprint density at radius 2 is 0.900 bits per heavy atom. The van der Waals surface area contributed by atoms with E-state index in [-0.39, 0.29) is 18.0 Å². The Labute approximate surface area is 254 Å². The van der Waals surface area contributed by atoms with Crippen LogP contribution < -0.4 is 0 Å². The van der Waals surface area contributed by atoms with Gasteiger partial charge in [-0.05, 0) is 56.8 Å². The summed E-state index contributed by atoms with van der Waals surface area (Å²) in [7, 11) is 0. The van der Waals surface area contributed by atoms with E-state index in [1.54, 1.807) is 0 Å². The molecule has 1 saturated carbocycles. The van der Waals surface area contributed by atoms with Crippen LogP contribution in [0.3, 0.4) is 0 Å². The lowest BCUT2D eigenvalue weighted by Crippen LogP contribution is -2.24. The summed E-state index contributed by atoms with van der Waals surface area (Å²) in [5.41, 5.74) is 0. The molecule has 3 atom stereocenters. The fourth-order valence-electron chi connectivity index (χ4n) is 6.44. The molecule has 1 fully saturated rings. The molecule has 1 aliphatic rings. The fourth-order valence-corrected chi connectivity index (χ4v) is 6.44. The first kappa shape index (κ1) is 39.5. The van der Waals surface area contributed by atoms with Gasteiger partial charge in [0.2, 0.25) is 0 Å². The van der Waals surface area contributed by atoms with Crippen molar-refractivity contribution in [1.29, 1.82) is 0 Å². The van der Waals surface area contributed by atoms with Crippen molar-refractivity contribution in [3.05, 3.63) is 0 Å². The maximum absolute atomic E-state index is 12.9. The normalized spacial score (nSPS) is 17.0. The predicted molar refractivity (Wildman–Crippen MR) is 179 cm³/mol. The van der Waals surface area contributed by atoms with Crippen LogP contribution >= 0.6 is 0 Å². The van der Waals surface area contributed by atoms with Gasteiger partial charge in [0, 0.05) is 0 Å². The average molecular weight is 565 g/mol. The number of carbonyl (C=O) groups excluding carboxylic acids is 1. The van der Waals surface area contributed by atoms with Gasteiger partial charge in [-0.15, -0.1) is 0 Å². The molecule has 2 nitrogen and oxygen atoms in total. The Hall–Kier alpha value is -0.530. The summed E-state index contributed by atoms with van der Waals surface area (Å²) in [6.45, 7) is 13.0. The molecule has 3 unspecified atom stereocenters. The van der Waals surface area contributed by atoms with Gasteiger partial charge in [-0.25, -0.2) is 0 Å². The maximum Gasteiger partial charge on any atom is 0.309 e. The minimum Gasteiger partial charge on any atom is -0.462 e. The molecule has 0 aromatic carbocycles. The van der Waals surface area contributed by atoms with Crippen molar-refractivity contribution in [1.82, 2.24) is 0 Å². The molecule has 0 aliphatic heterocycles. The third-order valence-electron chi connectivity index (χ3n) is 9.12. The van der Waals surface area contributed by atoms with Crippen molar-refractivity contribution >= 4 is 5.97 Å². The van der Waals surface area contributed by atoms with Crippen LogP contribution in [0.25, 0.3) is 0 Å². The van der Waals surface area contributed by atoms with Crippen molar-refractivity contribution in [2.45, 2.75) is 221 Å². The van der Waals surface area contributed by atoms with Crippen LogP contribution in [0.4, 0.5) is 0 Å². The van der Waals surface area contributed by atoms with Crippen LogP contribution in [0.2, 0.25) is 0 Å². The van der Waals surface area contributed by atoms with E-state index in [0.717, 1.165) is 50.4 Å². The number of ether oxygens (including phenoxy) is 1. The van der Waals surface area contributed by atoms with Gasteiger partial charge >= 0.3 is 5.97 Å². The van der Waals surface area contributed by atoms with Crippen molar-refractivity contribution in [2.24, 2.45) is 17.8 Å². The predicted octanol–water partition coefficient (Wildman–Crippen LogP) is 13.4. The van der Waals surface area contributed by atoms with E-state index in [1.165, 1.54) is 135 Å². The molecule has 2 heteroatoms. The highest BCUT2D eigenvalue weighted by molar-refractivity contribution is 5.72. The Kier molecular flexibility index (Phi) is 29.5. The first-order valence-corrected chi connectivity index (χ1v) is 18.9. The van der Waals surface area contributed by atoms with Gasteiger partial charge in [-0.2, -0.15) is 0 Å². The van der Waals surface area contributed by atoms with Crippen LogP contribution in [0, 0.1) is 17.8 Å². The SMILES string of the molecule is CC.CCCCCCCCCC(CCCCCCCC1CC1CCCCCCCC)OC(=O)C(CCC)CCC. The minimum atomic E-state index is 0.0987. The zero-order valence-electron chi connectivity index (χ0n) is 28.7. The molecule has 40 heavy (non-hydrogen) atoms. The van der Waals surface area contributed by atoms with Gasteiger partial charge in [0.1, 0.15) is 6.10 Å². The third-order valence-corrected chi connectivity index (χ3v) is 9.12. The van der Waals surface area contributed by atoms with Crippen molar-refractivity contribution in [3.63, 3.8) is 0 Å². The molecule has 0 aromatic rings. The molecule has 0 bridgehead atoms. The number of esters is 1. The second-order valence-electron chi connectivity index (χ2n) is 12.9. The zero-order chi connectivity index (χ0) is 29.7. The fraction of sp³-hybridized carbons (Fsp3) is 0.974. The average Bonchev–Trinajstić information content (AvgIpc) is 3.72. The lowest BCUT2D eigenvalue weighted by molar-refractivity contribution is -0.155. The van der Waals surface area contributed by atoms with Gasteiger partial charge in [-0.3, -0.25) is 4.79 Å². The van der Waals surface area contributed by atoms with Crippen LogP contribution in [0.15, 0.2) is 0 Å². The van der Waals surface area contributed by atoms with Crippen LogP contribution in [-0.4, -0.2) is 12.1 Å². The molecule has 0 aromatic heterocycles. The second-order valence-corrected chi connectivity index (χ2v) is 12.9. The lowest BCUT2D eigenvalue weighted by Gasteiger charge is -2.22. The molecule has 0 heterocycles. The molecule has 0 N–H and O–H groups in total. The number of hydrogen-bond donors (Lipinski definition) is 0. The quantitative estimate of drug-likeness (QED) is 0.0667. The highest BCUT2D eigenvalue weighted by atomic mass is 16.5. The summed E-state index contributed by atoms with van der Waals surface area (Å²) >= 11 is 0. The molecule has 0 saturated heterocycles. The standard InChI is InChI=1S/C36H70O2.C2H6/c1-5-9-11-13-15-19-23-29-35(38-36(37)32(25-7-3)26-8-4)30-24-20-16-18-22-28-34-31-33(34)27-21-17-14-12-10-6-2;1-2/h32-35H,5-31H2,1-4H3;1-2H3. The molecule has 1 aliphatic carbocycles. The molecule has 0 spiro atoms. The topological polar surface area (TPSA) is 26.3 Å². The van der Waals surface area contributed by atoms with E-state index in [0.29, 0.717) is 0 Å². The zero-order valence-corrected chi connectivity index (χ0v) is 28.7. The first-order chi connectivity index (χ1) is 19.7. The van der Waals surface area contributed by atoms with E-state index >= 15 is 0 Å². The number of hydrogen-bond acceptors (Lipinski definition) is 2. The van der Waals surface area contributed by atoms with Gasteiger partial charge in [0.05, 0.1) is 5.92 Å². The van der Waals surface area contributed by atoms with Gasteiger partial charge < -0.3 is 4.74 Å². The highest BCUT2D eigenvalue weighted by Crippen LogP contribution is 2.45. The summed E-state index contributed by atoms with van der Waals surface area (Å²) in [6.07, 6.45) is 35.6. The molecular weight excluding hydrogens is 488 g/mol. The summed E-state index contributed by atoms with van der Waals surface area (Å²) in [5, 5.41) is 0.